The van der Waals surface area contributed by atoms with Crippen molar-refractivity contribution in [1.82, 2.24) is 14.5 Å². The summed E-state index contributed by atoms with van der Waals surface area (Å²) in [6.45, 7) is 3.34. The lowest BCUT2D eigenvalue weighted by atomic mass is 10.0. The summed E-state index contributed by atoms with van der Waals surface area (Å²) in [7, 11) is 0. The van der Waals surface area contributed by atoms with Crippen molar-refractivity contribution in [3.05, 3.63) is 42.1 Å². The summed E-state index contributed by atoms with van der Waals surface area (Å²) in [5.41, 5.74) is -4.21. The van der Waals surface area contributed by atoms with Crippen molar-refractivity contribution >= 4 is 23.0 Å². The third-order valence-electron chi connectivity index (χ3n) is 4.83. The third-order valence-corrected chi connectivity index (χ3v) is 4.83. The lowest BCUT2D eigenvalue weighted by Crippen LogP contribution is -2.45. The van der Waals surface area contributed by atoms with Crippen LogP contribution in [0.2, 0.25) is 0 Å². The van der Waals surface area contributed by atoms with Crippen molar-refractivity contribution in [3.8, 4) is 11.4 Å². The van der Waals surface area contributed by atoms with Gasteiger partial charge in [-0.15, -0.1) is 13.2 Å². The highest BCUT2D eigenvalue weighted by Gasteiger charge is 2.51. The summed E-state index contributed by atoms with van der Waals surface area (Å²) in [6.07, 6.45) is -11.4. The van der Waals surface area contributed by atoms with Gasteiger partial charge in [0.05, 0.1) is 17.8 Å². The maximum atomic E-state index is 13.0. The Kier molecular flexibility index (Phi) is 6.50. The first-order valence-corrected chi connectivity index (χ1v) is 9.95. The van der Waals surface area contributed by atoms with Crippen LogP contribution in [0.15, 0.2) is 36.4 Å². The van der Waals surface area contributed by atoms with E-state index in [9.17, 15) is 41.4 Å². The van der Waals surface area contributed by atoms with E-state index in [2.05, 4.69) is 20.0 Å². The molecule has 190 valence electrons. The third kappa shape index (κ3) is 6.00. The molecule has 35 heavy (non-hydrogen) atoms. The van der Waals surface area contributed by atoms with Crippen molar-refractivity contribution < 1.29 is 46.1 Å². The Morgan fingerprint density at radius 1 is 0.971 bits per heavy atom. The average Bonchev–Trinajstić information content (AvgIpc) is 3.02. The summed E-state index contributed by atoms with van der Waals surface area (Å²) in [4.78, 5) is 20.8. The van der Waals surface area contributed by atoms with Gasteiger partial charge in [0.25, 0.3) is 0 Å². The van der Waals surface area contributed by atoms with Crippen molar-refractivity contribution in [2.75, 3.05) is 5.32 Å². The molecule has 3 N–H and O–H groups in total. The molecule has 0 saturated carbocycles. The number of nitrogens with zero attached hydrogens (tertiary/aromatic N) is 3. The molecule has 0 aliphatic heterocycles. The molecule has 1 amide bonds. The fraction of sp³-hybridized carbons (Fsp3) is 0.381. The largest absolute Gasteiger partial charge is 0.573 e. The minimum absolute atomic E-state index is 0.0481. The minimum atomic E-state index is -5.08. The Hall–Kier alpha value is -3.39. The maximum Gasteiger partial charge on any atom is 0.573 e. The quantitative estimate of drug-likeness (QED) is 0.433. The highest BCUT2D eigenvalue weighted by Crippen LogP contribution is 2.34. The summed E-state index contributed by atoms with van der Waals surface area (Å²) in [5.74, 6) is -2.08. The van der Waals surface area contributed by atoms with Crippen LogP contribution in [0.3, 0.4) is 0 Å². The highest BCUT2D eigenvalue weighted by atomic mass is 19.4. The van der Waals surface area contributed by atoms with Crippen LogP contribution in [-0.4, -0.2) is 48.8 Å². The molecule has 8 nitrogen and oxygen atoms in total. The number of nitrogens with one attached hydrogen (secondary N) is 1. The van der Waals surface area contributed by atoms with Gasteiger partial charge in [-0.05, 0) is 57.2 Å². The van der Waals surface area contributed by atoms with Crippen molar-refractivity contribution in [3.63, 3.8) is 0 Å². The first-order chi connectivity index (χ1) is 15.9. The molecule has 0 aliphatic rings. The molecule has 0 spiro atoms. The predicted molar refractivity (Wildman–Crippen MR) is 111 cm³/mol. The summed E-state index contributed by atoms with van der Waals surface area (Å²) in [5, 5.41) is 22.1. The van der Waals surface area contributed by atoms with Crippen molar-refractivity contribution in [2.45, 2.75) is 50.9 Å². The average molecular weight is 506 g/mol. The number of aliphatic hydroxyl groups is 2. The monoisotopic (exact) mass is 506 g/mol. The Labute approximate surface area is 194 Å². The number of pyridine rings is 1. The number of hydrogen-bond donors (Lipinski definition) is 3. The molecular weight excluding hydrogens is 486 g/mol. The minimum Gasteiger partial charge on any atom is -0.406 e. The van der Waals surface area contributed by atoms with Gasteiger partial charge in [0.1, 0.15) is 16.9 Å². The summed E-state index contributed by atoms with van der Waals surface area (Å²) < 4.78 is 81.4. The van der Waals surface area contributed by atoms with E-state index in [1.165, 1.54) is 42.7 Å². The molecule has 1 aromatic carbocycles. The van der Waals surface area contributed by atoms with Crippen LogP contribution in [0.4, 0.5) is 32.3 Å². The number of carbonyl (C=O) groups is 1. The lowest BCUT2D eigenvalue weighted by molar-refractivity contribution is -0.274. The van der Waals surface area contributed by atoms with E-state index in [0.29, 0.717) is 6.92 Å². The van der Waals surface area contributed by atoms with E-state index < -0.39 is 41.8 Å². The number of imidazole rings is 1. The second-order valence-corrected chi connectivity index (χ2v) is 8.41. The molecule has 2 aromatic heterocycles. The molecule has 3 aromatic rings. The van der Waals surface area contributed by atoms with Gasteiger partial charge < -0.3 is 14.9 Å². The van der Waals surface area contributed by atoms with Crippen molar-refractivity contribution in [2.24, 2.45) is 0 Å². The van der Waals surface area contributed by atoms with Crippen LogP contribution in [0, 0.1) is 0 Å². The Morgan fingerprint density at radius 3 is 2.09 bits per heavy atom. The Bertz CT molecular complexity index is 1230. The van der Waals surface area contributed by atoms with Gasteiger partial charge in [0.15, 0.2) is 11.2 Å². The molecule has 2 heterocycles. The van der Waals surface area contributed by atoms with E-state index in [0.717, 1.165) is 12.1 Å². The molecule has 0 fully saturated rings. The van der Waals surface area contributed by atoms with E-state index in [4.69, 9.17) is 0 Å². The number of rotatable bonds is 6. The first kappa shape index (κ1) is 26.2. The van der Waals surface area contributed by atoms with E-state index in [1.807, 2.05) is 0 Å². The number of ether oxygens (including phenoxy) is 1. The number of fused-ring (bicyclic) bond motifs is 1. The summed E-state index contributed by atoms with van der Waals surface area (Å²) >= 11 is 0. The highest BCUT2D eigenvalue weighted by molar-refractivity contribution is 5.92. The second-order valence-electron chi connectivity index (χ2n) is 8.41. The van der Waals surface area contributed by atoms with E-state index in [1.54, 1.807) is 0 Å². The van der Waals surface area contributed by atoms with Gasteiger partial charge in [0, 0.05) is 0 Å². The second kappa shape index (κ2) is 8.68. The van der Waals surface area contributed by atoms with Crippen LogP contribution in [-0.2, 0) is 10.4 Å². The van der Waals surface area contributed by atoms with Crippen LogP contribution >= 0.6 is 0 Å². The lowest BCUT2D eigenvalue weighted by Gasteiger charge is -2.25. The number of halogens is 6. The zero-order chi connectivity index (χ0) is 26.4. The van der Waals surface area contributed by atoms with Gasteiger partial charge in [-0.25, -0.2) is 9.97 Å². The normalized spacial score (nSPS) is 14.6. The molecule has 0 radical (unpaired) electrons. The topological polar surface area (TPSA) is 110 Å². The zero-order valence-electron chi connectivity index (χ0n) is 18.5. The molecule has 3 rings (SSSR count). The Balaban J connectivity index is 2.08. The molecule has 0 aliphatic carbocycles. The SMILES string of the molecule is CC(C)(O)c1ccc2nc(NC(=O)CC(C)(O)C(F)(F)F)n(-c3ccc(OC(F)(F)F)cc3)c2n1. The molecular formula is C21H20F6N4O4. The molecule has 1 unspecified atom stereocenters. The van der Waals surface area contributed by atoms with Crippen molar-refractivity contribution in [1.29, 1.82) is 0 Å². The van der Waals surface area contributed by atoms with E-state index >= 15 is 0 Å². The van der Waals surface area contributed by atoms with Gasteiger partial charge in [0.2, 0.25) is 11.9 Å². The molecule has 14 heteroatoms. The van der Waals surface area contributed by atoms with Crippen LogP contribution in [0.1, 0.15) is 32.9 Å². The maximum absolute atomic E-state index is 13.0. The number of benzene rings is 1. The number of hydrogen-bond acceptors (Lipinski definition) is 6. The van der Waals surface area contributed by atoms with Crippen LogP contribution < -0.4 is 10.1 Å². The fourth-order valence-electron chi connectivity index (χ4n) is 3.01. The van der Waals surface area contributed by atoms with Gasteiger partial charge >= 0.3 is 12.5 Å². The zero-order valence-corrected chi connectivity index (χ0v) is 18.5. The first-order valence-electron chi connectivity index (χ1n) is 9.95. The molecule has 0 saturated heterocycles. The Morgan fingerprint density at radius 2 is 1.57 bits per heavy atom. The number of aromatic nitrogens is 3. The van der Waals surface area contributed by atoms with Crippen LogP contribution in [0.25, 0.3) is 16.9 Å². The number of amides is 1. The van der Waals surface area contributed by atoms with E-state index in [-0.39, 0.29) is 28.5 Å². The number of anilines is 1. The fourth-order valence-corrected chi connectivity index (χ4v) is 3.01. The van der Waals surface area contributed by atoms with Gasteiger partial charge in [-0.1, -0.05) is 0 Å². The van der Waals surface area contributed by atoms with Crippen LogP contribution in [0.5, 0.6) is 5.75 Å². The number of carbonyl (C=O) groups excluding carboxylic acids is 1. The standard InChI is InChI=1S/C21H20F6N4O4/c1-18(2,33)14-9-8-13-16(29-14)31(11-4-6-12(7-5-11)35-21(25,26)27)17(28-13)30-15(32)10-19(3,34)20(22,23)24/h4-9,33-34H,10H2,1-3H3,(H,28,30,32). The number of alkyl halides is 6. The summed E-state index contributed by atoms with van der Waals surface area (Å²) in [6, 6.07) is 7.21. The molecule has 1 atom stereocenters. The van der Waals surface area contributed by atoms with Gasteiger partial charge in [-0.2, -0.15) is 13.2 Å². The van der Waals surface area contributed by atoms with Gasteiger partial charge in [-0.3, -0.25) is 14.7 Å². The smallest absolute Gasteiger partial charge is 0.406 e. The predicted octanol–water partition coefficient (Wildman–Crippen LogP) is 4.19. The molecule has 0 bridgehead atoms.